The first-order valence-electron chi connectivity index (χ1n) is 7.08. The molecule has 2 rings (SSSR count). The van der Waals surface area contributed by atoms with Crippen molar-refractivity contribution in [1.82, 2.24) is 10.7 Å². The van der Waals surface area contributed by atoms with Crippen molar-refractivity contribution in [3.8, 4) is 0 Å². The number of nitrogens with one attached hydrogen (secondary N) is 2. The Bertz CT molecular complexity index is 301. The zero-order chi connectivity index (χ0) is 13.0. The molecule has 1 heterocycles. The fourth-order valence-electron chi connectivity index (χ4n) is 2.77. The van der Waals surface area contributed by atoms with Crippen molar-refractivity contribution in [2.24, 2.45) is 10.8 Å². The van der Waals surface area contributed by atoms with Crippen LogP contribution in [0, 0.1) is 0 Å². The number of nitrogens with two attached hydrogens (primary N) is 1. The summed E-state index contributed by atoms with van der Waals surface area (Å²) in [6.07, 6.45) is 7.42. The molecule has 2 fully saturated rings. The fraction of sp³-hybridized carbons (Fsp3) is 0.923. The summed E-state index contributed by atoms with van der Waals surface area (Å²) in [5, 5.41) is 3.43. The van der Waals surface area contributed by atoms with E-state index in [1.54, 1.807) is 0 Å². The monoisotopic (exact) mass is 254 g/mol. The second kappa shape index (κ2) is 5.89. The maximum atomic E-state index is 5.62. The van der Waals surface area contributed by atoms with Gasteiger partial charge in [0, 0.05) is 6.61 Å². The Morgan fingerprint density at radius 3 is 2.61 bits per heavy atom. The molecule has 2 aliphatic rings. The summed E-state index contributed by atoms with van der Waals surface area (Å²) < 4.78 is 5.62. The van der Waals surface area contributed by atoms with E-state index in [4.69, 9.17) is 15.6 Å². The average Bonchev–Trinajstić information content (AvgIpc) is 2.70. The largest absolute Gasteiger partial charge is 0.376 e. The van der Waals surface area contributed by atoms with Gasteiger partial charge in [0.15, 0.2) is 0 Å². The molecule has 5 heteroatoms. The third-order valence-corrected chi connectivity index (χ3v) is 4.31. The molecule has 0 amide bonds. The maximum absolute atomic E-state index is 5.62. The molecule has 4 N–H and O–H groups in total. The molecule has 0 spiro atoms. The van der Waals surface area contributed by atoms with Crippen LogP contribution in [0.2, 0.25) is 0 Å². The molecule has 2 unspecified atom stereocenters. The van der Waals surface area contributed by atoms with Gasteiger partial charge in [-0.1, -0.05) is 19.3 Å². The summed E-state index contributed by atoms with van der Waals surface area (Å²) >= 11 is 0. The highest BCUT2D eigenvalue weighted by atomic mass is 16.5. The van der Waals surface area contributed by atoms with Crippen molar-refractivity contribution >= 4 is 5.96 Å². The minimum absolute atomic E-state index is 0.0696. The number of hydrogen-bond acceptors (Lipinski definition) is 3. The van der Waals surface area contributed by atoms with Crippen molar-refractivity contribution in [2.45, 2.75) is 70.1 Å². The minimum Gasteiger partial charge on any atom is -0.376 e. The normalized spacial score (nSPS) is 34.6. The zero-order valence-electron chi connectivity index (χ0n) is 11.5. The average molecular weight is 254 g/mol. The quantitative estimate of drug-likeness (QED) is 0.300. The van der Waals surface area contributed by atoms with Crippen LogP contribution in [0.1, 0.15) is 52.4 Å². The highest BCUT2D eigenvalue weighted by Gasteiger charge is 2.37. The van der Waals surface area contributed by atoms with Gasteiger partial charge in [-0.15, -0.1) is 0 Å². The van der Waals surface area contributed by atoms with Gasteiger partial charge < -0.3 is 10.1 Å². The van der Waals surface area contributed by atoms with Gasteiger partial charge in [-0.25, -0.2) is 10.8 Å². The molecule has 0 aromatic carbocycles. The van der Waals surface area contributed by atoms with E-state index in [2.05, 4.69) is 24.6 Å². The predicted molar refractivity (Wildman–Crippen MR) is 73.2 cm³/mol. The molecule has 18 heavy (non-hydrogen) atoms. The number of hydrazine groups is 1. The molecular weight excluding hydrogens is 228 g/mol. The summed E-state index contributed by atoms with van der Waals surface area (Å²) in [6, 6.07) is 0.415. The lowest BCUT2D eigenvalue weighted by Gasteiger charge is -2.31. The highest BCUT2D eigenvalue weighted by Crippen LogP contribution is 2.25. The Morgan fingerprint density at radius 1 is 1.33 bits per heavy atom. The molecule has 1 saturated heterocycles. The second-order valence-corrected chi connectivity index (χ2v) is 5.72. The molecule has 104 valence electrons. The molecule has 1 saturated carbocycles. The van der Waals surface area contributed by atoms with Gasteiger partial charge in [0.05, 0.1) is 17.7 Å². The molecular formula is C13H26N4O. The highest BCUT2D eigenvalue weighted by molar-refractivity contribution is 5.80. The van der Waals surface area contributed by atoms with Crippen LogP contribution in [0.25, 0.3) is 0 Å². The first-order chi connectivity index (χ1) is 8.64. The lowest BCUT2D eigenvalue weighted by Crippen LogP contribution is -2.56. The summed E-state index contributed by atoms with van der Waals surface area (Å²) in [6.45, 7) is 5.05. The number of rotatable bonds is 2. The van der Waals surface area contributed by atoms with E-state index < -0.39 is 0 Å². The van der Waals surface area contributed by atoms with Gasteiger partial charge >= 0.3 is 0 Å². The smallest absolute Gasteiger partial charge is 0.206 e. The number of aliphatic imine (C=N–C) groups is 1. The topological polar surface area (TPSA) is 71.7 Å². The van der Waals surface area contributed by atoms with Crippen molar-refractivity contribution in [3.05, 3.63) is 0 Å². The molecule has 0 aromatic rings. The number of nitrogens with zero attached hydrogens (tertiary/aromatic N) is 1. The third-order valence-electron chi connectivity index (χ3n) is 4.31. The van der Waals surface area contributed by atoms with Crippen LogP contribution in [-0.4, -0.2) is 30.3 Å². The van der Waals surface area contributed by atoms with Crippen molar-refractivity contribution in [2.75, 3.05) is 6.61 Å². The van der Waals surface area contributed by atoms with E-state index in [9.17, 15) is 0 Å². The van der Waals surface area contributed by atoms with Gasteiger partial charge in [-0.2, -0.15) is 0 Å². The van der Waals surface area contributed by atoms with Gasteiger partial charge in [-0.3, -0.25) is 5.43 Å². The molecule has 2 atom stereocenters. The molecule has 1 aliphatic carbocycles. The van der Waals surface area contributed by atoms with Crippen LogP contribution in [0.4, 0.5) is 0 Å². The first kappa shape index (κ1) is 13.6. The summed E-state index contributed by atoms with van der Waals surface area (Å²) in [7, 11) is 0. The summed E-state index contributed by atoms with van der Waals surface area (Å²) in [4.78, 5) is 4.71. The molecule has 0 bridgehead atoms. The van der Waals surface area contributed by atoms with E-state index in [1.807, 2.05) is 0 Å². The lowest BCUT2D eigenvalue weighted by atomic mass is 9.94. The maximum Gasteiger partial charge on any atom is 0.206 e. The Balaban J connectivity index is 1.97. The number of hydrogen-bond donors (Lipinski definition) is 3. The van der Waals surface area contributed by atoms with E-state index in [-0.39, 0.29) is 11.6 Å². The van der Waals surface area contributed by atoms with Gasteiger partial charge in [-0.05, 0) is 33.1 Å². The van der Waals surface area contributed by atoms with Crippen LogP contribution < -0.4 is 16.6 Å². The van der Waals surface area contributed by atoms with Gasteiger partial charge in [0.2, 0.25) is 5.96 Å². The van der Waals surface area contributed by atoms with Crippen LogP contribution in [0.5, 0.6) is 0 Å². The number of guanidine groups is 1. The van der Waals surface area contributed by atoms with Crippen molar-refractivity contribution in [3.63, 3.8) is 0 Å². The van der Waals surface area contributed by atoms with E-state index in [0.717, 1.165) is 13.0 Å². The molecule has 0 radical (unpaired) electrons. The minimum atomic E-state index is -0.0696. The first-order valence-corrected chi connectivity index (χ1v) is 7.08. The molecule has 0 aromatic heterocycles. The van der Waals surface area contributed by atoms with E-state index in [1.165, 1.54) is 32.1 Å². The zero-order valence-corrected chi connectivity index (χ0v) is 11.5. The van der Waals surface area contributed by atoms with Gasteiger partial charge in [0.25, 0.3) is 0 Å². The molecule has 5 nitrogen and oxygen atoms in total. The van der Waals surface area contributed by atoms with Crippen LogP contribution in [0.15, 0.2) is 4.99 Å². The van der Waals surface area contributed by atoms with Crippen LogP contribution in [-0.2, 0) is 4.74 Å². The Kier molecular flexibility index (Phi) is 4.45. The van der Waals surface area contributed by atoms with E-state index in [0.29, 0.717) is 12.0 Å². The number of ether oxygens (including phenoxy) is 1. The summed E-state index contributed by atoms with van der Waals surface area (Å²) in [5.74, 6) is 6.30. The SMILES string of the molecule is CC1OCCC1(C)NC(=NC1CCCCC1)NN. The third kappa shape index (κ3) is 3.14. The predicted octanol–water partition coefficient (Wildman–Crippen LogP) is 1.30. The van der Waals surface area contributed by atoms with E-state index >= 15 is 0 Å². The van der Waals surface area contributed by atoms with Crippen molar-refractivity contribution in [1.29, 1.82) is 0 Å². The lowest BCUT2D eigenvalue weighted by molar-refractivity contribution is 0.0944. The van der Waals surface area contributed by atoms with Crippen LogP contribution >= 0.6 is 0 Å². The molecule has 1 aliphatic heterocycles. The van der Waals surface area contributed by atoms with Crippen molar-refractivity contribution < 1.29 is 4.74 Å². The van der Waals surface area contributed by atoms with Gasteiger partial charge in [0.1, 0.15) is 0 Å². The summed E-state index contributed by atoms with van der Waals surface area (Å²) in [5.41, 5.74) is 2.64. The van der Waals surface area contributed by atoms with Crippen LogP contribution in [0.3, 0.4) is 0 Å². The fourth-order valence-corrected chi connectivity index (χ4v) is 2.77. The Hall–Kier alpha value is -0.810. The Morgan fingerprint density at radius 2 is 2.06 bits per heavy atom. The second-order valence-electron chi connectivity index (χ2n) is 5.72. The standard InChI is InChI=1S/C13H26N4O/c1-10-13(2,8-9-18-10)16-12(17-14)15-11-6-4-3-5-7-11/h10-11H,3-9,14H2,1-2H3,(H2,15,16,17). The Labute approximate surface area is 110 Å².